The molecule has 0 unspecified atom stereocenters. The third-order valence-electron chi connectivity index (χ3n) is 4.41. The highest BCUT2D eigenvalue weighted by Gasteiger charge is 2.58. The maximum absolute atomic E-state index is 12.1. The molecule has 4 fully saturated rings. The molecule has 4 aliphatic rings. The zero-order valence-electron chi connectivity index (χ0n) is 9.50. The van der Waals surface area contributed by atoms with Gasteiger partial charge in [0.05, 0.1) is 12.4 Å². The molecule has 96 valence electrons. The van der Waals surface area contributed by atoms with Crippen molar-refractivity contribution >= 4 is 27.5 Å². The molecule has 4 aliphatic carbocycles. The van der Waals surface area contributed by atoms with Crippen LogP contribution in [0, 0.1) is 23.7 Å². The van der Waals surface area contributed by atoms with Crippen molar-refractivity contribution in [2.24, 2.45) is 23.7 Å². The second-order valence-electron chi connectivity index (χ2n) is 5.56. The molecule has 0 aromatic rings. The molecule has 0 radical (unpaired) electrons. The molecule has 0 aliphatic heterocycles. The molecular formula is C11H15ClO4S. The molecule has 4 saturated carbocycles. The summed E-state index contributed by atoms with van der Waals surface area (Å²) >= 11 is 6.29. The van der Waals surface area contributed by atoms with Gasteiger partial charge < -0.3 is 0 Å². The van der Waals surface area contributed by atoms with E-state index in [1.54, 1.807) is 0 Å². The SMILES string of the molecule is CS(=O)(=O)O[C@H]1[C@H]2C[C@H]3C[C@@H]1C(=O)[C@H](C3)[C@H]2Cl. The Morgan fingerprint density at radius 1 is 1.24 bits per heavy atom. The van der Waals surface area contributed by atoms with Crippen LogP contribution in [0.1, 0.15) is 19.3 Å². The first kappa shape index (κ1) is 11.9. The Morgan fingerprint density at radius 2 is 1.88 bits per heavy atom. The van der Waals surface area contributed by atoms with Gasteiger partial charge in [0, 0.05) is 23.1 Å². The van der Waals surface area contributed by atoms with E-state index in [9.17, 15) is 13.2 Å². The van der Waals surface area contributed by atoms with E-state index in [0.717, 1.165) is 25.5 Å². The second-order valence-corrected chi connectivity index (χ2v) is 7.67. The van der Waals surface area contributed by atoms with Gasteiger partial charge in [-0.2, -0.15) is 8.42 Å². The maximum atomic E-state index is 12.1. The van der Waals surface area contributed by atoms with E-state index >= 15 is 0 Å². The first-order valence-electron chi connectivity index (χ1n) is 5.93. The summed E-state index contributed by atoms with van der Waals surface area (Å²) in [6, 6.07) is 0. The predicted octanol–water partition coefficient (Wildman–Crippen LogP) is 1.18. The zero-order chi connectivity index (χ0) is 12.4. The molecule has 17 heavy (non-hydrogen) atoms. The Morgan fingerprint density at radius 3 is 2.53 bits per heavy atom. The van der Waals surface area contributed by atoms with Crippen LogP contribution in [0.3, 0.4) is 0 Å². The third-order valence-corrected chi connectivity index (χ3v) is 5.61. The van der Waals surface area contributed by atoms with Crippen molar-refractivity contribution in [2.75, 3.05) is 6.26 Å². The quantitative estimate of drug-likeness (QED) is 0.562. The van der Waals surface area contributed by atoms with Gasteiger partial charge >= 0.3 is 0 Å². The largest absolute Gasteiger partial charge is 0.299 e. The van der Waals surface area contributed by atoms with E-state index in [4.69, 9.17) is 15.8 Å². The van der Waals surface area contributed by atoms with Crippen LogP contribution in [0.15, 0.2) is 0 Å². The van der Waals surface area contributed by atoms with Gasteiger partial charge in [0.2, 0.25) is 0 Å². The highest BCUT2D eigenvalue weighted by molar-refractivity contribution is 7.86. The molecular weight excluding hydrogens is 264 g/mol. The fourth-order valence-electron chi connectivity index (χ4n) is 3.86. The van der Waals surface area contributed by atoms with Gasteiger partial charge in [0.15, 0.2) is 0 Å². The number of rotatable bonds is 2. The van der Waals surface area contributed by atoms with Crippen LogP contribution in [0.5, 0.6) is 0 Å². The van der Waals surface area contributed by atoms with E-state index in [-0.39, 0.29) is 28.9 Å². The van der Waals surface area contributed by atoms with Gasteiger partial charge in [-0.25, -0.2) is 0 Å². The number of ketones is 1. The summed E-state index contributed by atoms with van der Waals surface area (Å²) < 4.78 is 27.6. The Hall–Kier alpha value is -0.130. The molecule has 4 rings (SSSR count). The minimum atomic E-state index is -3.53. The molecule has 4 bridgehead atoms. The van der Waals surface area contributed by atoms with Gasteiger partial charge in [-0.1, -0.05) is 0 Å². The normalized spacial score (nSPS) is 48.7. The van der Waals surface area contributed by atoms with Crippen LogP contribution in [0.25, 0.3) is 0 Å². The smallest absolute Gasteiger partial charge is 0.264 e. The zero-order valence-corrected chi connectivity index (χ0v) is 11.1. The second kappa shape index (κ2) is 3.68. The van der Waals surface area contributed by atoms with Crippen LogP contribution < -0.4 is 0 Å². The van der Waals surface area contributed by atoms with E-state index in [0.29, 0.717) is 5.92 Å². The highest BCUT2D eigenvalue weighted by atomic mass is 35.5. The van der Waals surface area contributed by atoms with E-state index in [1.165, 1.54) is 0 Å². The van der Waals surface area contributed by atoms with Gasteiger partial charge in [-0.3, -0.25) is 8.98 Å². The summed E-state index contributed by atoms with van der Waals surface area (Å²) in [5.74, 6) is 0.348. The minimum Gasteiger partial charge on any atom is -0.299 e. The summed E-state index contributed by atoms with van der Waals surface area (Å²) in [6.45, 7) is 0. The molecule has 0 aromatic heterocycles. The Bertz CT molecular complexity index is 460. The summed E-state index contributed by atoms with van der Waals surface area (Å²) in [4.78, 5) is 12.1. The monoisotopic (exact) mass is 278 g/mol. The average molecular weight is 279 g/mol. The Kier molecular flexibility index (Phi) is 2.58. The first-order chi connectivity index (χ1) is 7.87. The lowest BCUT2D eigenvalue weighted by atomic mass is 9.54. The van der Waals surface area contributed by atoms with Crippen LogP contribution in [-0.4, -0.2) is 31.9 Å². The van der Waals surface area contributed by atoms with Crippen molar-refractivity contribution in [3.63, 3.8) is 0 Å². The lowest BCUT2D eigenvalue weighted by molar-refractivity contribution is -0.150. The molecule has 0 N–H and O–H groups in total. The number of hydrogen-bond acceptors (Lipinski definition) is 4. The summed E-state index contributed by atoms with van der Waals surface area (Å²) in [6.07, 6.45) is 3.06. The van der Waals surface area contributed by atoms with Crippen LogP contribution in [0.4, 0.5) is 0 Å². The van der Waals surface area contributed by atoms with Gasteiger partial charge in [0.25, 0.3) is 10.1 Å². The van der Waals surface area contributed by atoms with E-state index < -0.39 is 16.2 Å². The predicted molar refractivity (Wildman–Crippen MR) is 62.2 cm³/mol. The number of hydrogen-bond donors (Lipinski definition) is 0. The maximum Gasteiger partial charge on any atom is 0.264 e. The highest BCUT2D eigenvalue weighted by Crippen LogP contribution is 2.54. The Labute approximate surface area is 106 Å². The summed E-state index contributed by atoms with van der Waals surface area (Å²) in [7, 11) is -3.53. The van der Waals surface area contributed by atoms with Crippen LogP contribution in [0.2, 0.25) is 0 Å². The summed E-state index contributed by atoms with van der Waals surface area (Å²) in [5, 5.41) is -0.248. The Balaban J connectivity index is 1.93. The van der Waals surface area contributed by atoms with Gasteiger partial charge in [0.1, 0.15) is 5.78 Å². The van der Waals surface area contributed by atoms with Crippen molar-refractivity contribution in [3.05, 3.63) is 0 Å². The summed E-state index contributed by atoms with van der Waals surface area (Å²) in [5.41, 5.74) is 0. The average Bonchev–Trinajstić information content (AvgIpc) is 2.21. The van der Waals surface area contributed by atoms with Gasteiger partial charge in [-0.05, 0) is 25.2 Å². The molecule has 4 nitrogen and oxygen atoms in total. The topological polar surface area (TPSA) is 60.4 Å². The number of carbonyl (C=O) groups is 1. The third kappa shape index (κ3) is 1.83. The number of carbonyl (C=O) groups excluding carboxylic acids is 1. The molecule has 6 atom stereocenters. The van der Waals surface area contributed by atoms with Crippen LogP contribution in [-0.2, 0) is 19.1 Å². The van der Waals surface area contributed by atoms with Crippen molar-refractivity contribution in [2.45, 2.75) is 30.7 Å². The number of Topliss-reactive ketones (excluding diaryl/α,β-unsaturated/α-hetero) is 1. The van der Waals surface area contributed by atoms with Crippen molar-refractivity contribution in [1.29, 1.82) is 0 Å². The molecule has 0 amide bonds. The minimum absolute atomic E-state index is 0.0200. The number of halogens is 1. The van der Waals surface area contributed by atoms with E-state index in [2.05, 4.69) is 0 Å². The molecule has 0 spiro atoms. The van der Waals surface area contributed by atoms with Crippen LogP contribution >= 0.6 is 11.6 Å². The fraction of sp³-hybridized carbons (Fsp3) is 0.909. The first-order valence-corrected chi connectivity index (χ1v) is 8.18. The fourth-order valence-corrected chi connectivity index (χ4v) is 5.02. The van der Waals surface area contributed by atoms with Gasteiger partial charge in [-0.15, -0.1) is 11.6 Å². The number of alkyl halides is 1. The van der Waals surface area contributed by atoms with Crippen molar-refractivity contribution < 1.29 is 17.4 Å². The van der Waals surface area contributed by atoms with Crippen molar-refractivity contribution in [1.82, 2.24) is 0 Å². The van der Waals surface area contributed by atoms with E-state index in [1.807, 2.05) is 0 Å². The molecule has 0 heterocycles. The molecule has 0 aromatic carbocycles. The van der Waals surface area contributed by atoms with Crippen molar-refractivity contribution in [3.8, 4) is 0 Å². The lowest BCUT2D eigenvalue weighted by Gasteiger charge is -2.54. The standard InChI is InChI=1S/C11H15ClO4S/c1-17(14,15)16-11-7-3-5-2-6(9(7)12)10(13)8(11)4-5/h5-9,11H,2-4H2,1H3/t5-,6+,7-,8+,9+,11-/m0/s1. The molecule has 6 heteroatoms. The molecule has 0 saturated heterocycles. The lowest BCUT2D eigenvalue weighted by Crippen LogP contribution is -2.60.